The van der Waals surface area contributed by atoms with Crippen molar-refractivity contribution in [1.29, 1.82) is 0 Å². The number of ether oxygens (including phenoxy) is 1. The van der Waals surface area contributed by atoms with Crippen LogP contribution in [0, 0.1) is 5.82 Å². The normalized spacial score (nSPS) is 12.2. The lowest BCUT2D eigenvalue weighted by Gasteiger charge is -2.12. The van der Waals surface area contributed by atoms with E-state index in [2.05, 4.69) is 15.3 Å². The lowest BCUT2D eigenvalue weighted by molar-refractivity contribution is 0.192. The molecule has 1 aromatic heterocycles. The molecule has 4 nitrogen and oxygen atoms in total. The molecule has 1 heterocycles. The Morgan fingerprint density at radius 3 is 2.50 bits per heavy atom. The van der Waals surface area contributed by atoms with E-state index in [9.17, 15) is 4.39 Å². The number of nitrogens with zero attached hydrogens (tertiary/aromatic N) is 2. The average Bonchev–Trinajstić information content (AvgIpc) is 2.40. The van der Waals surface area contributed by atoms with Crippen LogP contribution >= 0.6 is 0 Å². The predicted molar refractivity (Wildman–Crippen MR) is 66.6 cm³/mol. The van der Waals surface area contributed by atoms with Crippen molar-refractivity contribution in [2.24, 2.45) is 0 Å². The Morgan fingerprint density at radius 1 is 1.22 bits per heavy atom. The molecule has 1 N–H and O–H groups in total. The van der Waals surface area contributed by atoms with Crippen LogP contribution in [0.5, 0.6) is 5.75 Å². The van der Waals surface area contributed by atoms with Gasteiger partial charge in [0, 0.05) is 0 Å². The first kappa shape index (κ1) is 12.4. The Balaban J connectivity index is 2.20. The van der Waals surface area contributed by atoms with Gasteiger partial charge in [-0.1, -0.05) is 12.1 Å². The van der Waals surface area contributed by atoms with Crippen molar-refractivity contribution < 1.29 is 9.13 Å². The standard InChI is InChI=1S/C13H14FN3O/c1-9(15-2)18-10-7-16-13(17-8-10)11-5-3-4-6-12(11)14/h3-9,15H,1-2H3. The second-order valence-corrected chi connectivity index (χ2v) is 3.77. The number of halogens is 1. The van der Waals surface area contributed by atoms with Gasteiger partial charge < -0.3 is 4.74 Å². The van der Waals surface area contributed by atoms with Crippen LogP contribution in [0.4, 0.5) is 4.39 Å². The SMILES string of the molecule is CNC(C)Oc1cnc(-c2ccccc2F)nc1. The summed E-state index contributed by atoms with van der Waals surface area (Å²) in [7, 11) is 1.79. The molecule has 1 atom stereocenters. The number of nitrogens with one attached hydrogen (secondary N) is 1. The predicted octanol–water partition coefficient (Wildman–Crippen LogP) is 2.23. The van der Waals surface area contributed by atoms with E-state index in [0.717, 1.165) is 0 Å². The first-order chi connectivity index (χ1) is 8.70. The molecule has 0 amide bonds. The van der Waals surface area contributed by atoms with Crippen molar-refractivity contribution in [1.82, 2.24) is 15.3 Å². The van der Waals surface area contributed by atoms with Gasteiger partial charge in [-0.2, -0.15) is 0 Å². The molecule has 18 heavy (non-hydrogen) atoms. The van der Waals surface area contributed by atoms with Gasteiger partial charge in [0.1, 0.15) is 12.0 Å². The molecule has 0 bridgehead atoms. The molecule has 0 radical (unpaired) electrons. The van der Waals surface area contributed by atoms with Gasteiger partial charge in [-0.15, -0.1) is 0 Å². The molecule has 5 heteroatoms. The largest absolute Gasteiger partial charge is 0.472 e. The van der Waals surface area contributed by atoms with Crippen molar-refractivity contribution in [3.8, 4) is 17.1 Å². The summed E-state index contributed by atoms with van der Waals surface area (Å²) in [6.45, 7) is 1.87. The zero-order valence-electron chi connectivity index (χ0n) is 10.2. The van der Waals surface area contributed by atoms with Crippen LogP contribution in [0.2, 0.25) is 0 Å². The summed E-state index contributed by atoms with van der Waals surface area (Å²) in [4.78, 5) is 8.19. The van der Waals surface area contributed by atoms with Gasteiger partial charge in [-0.05, 0) is 26.1 Å². The number of rotatable bonds is 4. The van der Waals surface area contributed by atoms with Crippen LogP contribution in [0.25, 0.3) is 11.4 Å². The summed E-state index contributed by atoms with van der Waals surface area (Å²) in [5.74, 6) is 0.546. The fraction of sp³-hybridized carbons (Fsp3) is 0.231. The highest BCUT2D eigenvalue weighted by molar-refractivity contribution is 5.55. The van der Waals surface area contributed by atoms with Gasteiger partial charge in [0.05, 0.1) is 18.0 Å². The highest BCUT2D eigenvalue weighted by Crippen LogP contribution is 2.19. The summed E-state index contributed by atoms with van der Waals surface area (Å²) in [6, 6.07) is 6.40. The molecule has 0 aliphatic carbocycles. The minimum absolute atomic E-state index is 0.132. The maximum absolute atomic E-state index is 13.5. The summed E-state index contributed by atoms with van der Waals surface area (Å²) >= 11 is 0. The first-order valence-corrected chi connectivity index (χ1v) is 5.61. The molecule has 2 aromatic rings. The fourth-order valence-corrected chi connectivity index (χ4v) is 1.42. The molecule has 1 unspecified atom stereocenters. The van der Waals surface area contributed by atoms with Gasteiger partial charge in [-0.3, -0.25) is 5.32 Å². The summed E-state index contributed by atoms with van der Waals surface area (Å²) < 4.78 is 19.0. The van der Waals surface area contributed by atoms with Crippen molar-refractivity contribution in [2.75, 3.05) is 7.05 Å². The molecule has 0 aliphatic rings. The Hall–Kier alpha value is -2.01. The lowest BCUT2D eigenvalue weighted by atomic mass is 10.2. The van der Waals surface area contributed by atoms with E-state index in [1.165, 1.54) is 18.5 Å². The maximum atomic E-state index is 13.5. The molecule has 0 spiro atoms. The van der Waals surface area contributed by atoms with Crippen LogP contribution in [-0.2, 0) is 0 Å². The minimum Gasteiger partial charge on any atom is -0.472 e. The van der Waals surface area contributed by atoms with Crippen molar-refractivity contribution >= 4 is 0 Å². The lowest BCUT2D eigenvalue weighted by Crippen LogP contribution is -2.27. The smallest absolute Gasteiger partial charge is 0.162 e. The van der Waals surface area contributed by atoms with Crippen molar-refractivity contribution in [3.05, 3.63) is 42.5 Å². The van der Waals surface area contributed by atoms with Gasteiger partial charge in [0.2, 0.25) is 0 Å². The molecule has 2 rings (SSSR count). The van der Waals surface area contributed by atoms with Crippen LogP contribution in [0.1, 0.15) is 6.92 Å². The number of benzene rings is 1. The third-order valence-electron chi connectivity index (χ3n) is 2.46. The monoisotopic (exact) mass is 247 g/mol. The van der Waals surface area contributed by atoms with Gasteiger partial charge in [0.25, 0.3) is 0 Å². The Morgan fingerprint density at radius 2 is 1.89 bits per heavy atom. The van der Waals surface area contributed by atoms with Crippen LogP contribution in [0.15, 0.2) is 36.7 Å². The molecular weight excluding hydrogens is 233 g/mol. The summed E-state index contributed by atoms with van der Waals surface area (Å²) in [5.41, 5.74) is 0.380. The number of aromatic nitrogens is 2. The quantitative estimate of drug-likeness (QED) is 0.842. The van der Waals surface area contributed by atoms with Gasteiger partial charge in [-0.25, -0.2) is 14.4 Å². The fourth-order valence-electron chi connectivity index (χ4n) is 1.42. The first-order valence-electron chi connectivity index (χ1n) is 5.61. The van der Waals surface area contributed by atoms with Crippen LogP contribution in [-0.4, -0.2) is 23.2 Å². The third-order valence-corrected chi connectivity index (χ3v) is 2.46. The molecule has 1 aromatic carbocycles. The van der Waals surface area contributed by atoms with Crippen molar-refractivity contribution in [2.45, 2.75) is 13.2 Å². The van der Waals surface area contributed by atoms with E-state index < -0.39 is 0 Å². The summed E-state index contributed by atoms with van der Waals surface area (Å²) in [6.07, 6.45) is 2.93. The van der Waals surface area contributed by atoms with E-state index >= 15 is 0 Å². The van der Waals surface area contributed by atoms with Crippen molar-refractivity contribution in [3.63, 3.8) is 0 Å². The zero-order valence-corrected chi connectivity index (χ0v) is 10.2. The van der Waals surface area contributed by atoms with E-state index in [-0.39, 0.29) is 12.0 Å². The topological polar surface area (TPSA) is 47.0 Å². The summed E-state index contributed by atoms with van der Waals surface area (Å²) in [5, 5.41) is 2.93. The Kier molecular flexibility index (Phi) is 3.84. The van der Waals surface area contributed by atoms with Crippen LogP contribution in [0.3, 0.4) is 0 Å². The van der Waals surface area contributed by atoms with E-state index in [0.29, 0.717) is 17.1 Å². The van der Waals surface area contributed by atoms with Gasteiger partial charge >= 0.3 is 0 Å². The molecule has 0 saturated carbocycles. The third kappa shape index (κ3) is 2.81. The molecule has 0 fully saturated rings. The van der Waals surface area contributed by atoms with Gasteiger partial charge in [0.15, 0.2) is 11.6 Å². The van der Waals surface area contributed by atoms with Crippen LogP contribution < -0.4 is 10.1 Å². The van der Waals surface area contributed by atoms with E-state index in [1.807, 2.05) is 6.92 Å². The minimum atomic E-state index is -0.338. The number of hydrogen-bond donors (Lipinski definition) is 1. The maximum Gasteiger partial charge on any atom is 0.162 e. The number of hydrogen-bond acceptors (Lipinski definition) is 4. The van der Waals surface area contributed by atoms with E-state index in [1.54, 1.807) is 25.2 Å². The second kappa shape index (κ2) is 5.55. The average molecular weight is 247 g/mol. The second-order valence-electron chi connectivity index (χ2n) is 3.77. The highest BCUT2D eigenvalue weighted by atomic mass is 19.1. The zero-order chi connectivity index (χ0) is 13.0. The Bertz CT molecular complexity index is 516. The molecule has 94 valence electrons. The van der Waals surface area contributed by atoms with E-state index in [4.69, 9.17) is 4.74 Å². The molecular formula is C13H14FN3O. The molecule has 0 saturated heterocycles. The molecule has 0 aliphatic heterocycles. The Labute approximate surface area is 105 Å². The highest BCUT2D eigenvalue weighted by Gasteiger charge is 2.07.